The van der Waals surface area contributed by atoms with Gasteiger partial charge < -0.3 is 9.57 Å². The molecular formula is C18H22N2O6. The van der Waals surface area contributed by atoms with E-state index in [1.54, 1.807) is 32.9 Å². The monoisotopic (exact) mass is 362 g/mol. The number of carbonyl (C=O) groups excluding carboxylic acids is 4. The summed E-state index contributed by atoms with van der Waals surface area (Å²) in [5.41, 5.74) is -1.90. The molecule has 0 atom stereocenters. The molecule has 3 amide bonds. The summed E-state index contributed by atoms with van der Waals surface area (Å²) in [5.74, 6) is -2.40. The van der Waals surface area contributed by atoms with Gasteiger partial charge in [0, 0.05) is 7.05 Å². The molecule has 0 radical (unpaired) electrons. The van der Waals surface area contributed by atoms with Crippen LogP contribution in [0.2, 0.25) is 0 Å². The number of benzene rings is 1. The highest BCUT2D eigenvalue weighted by atomic mass is 16.7. The minimum Gasteiger partial charge on any atom is -0.444 e. The van der Waals surface area contributed by atoms with E-state index in [-0.39, 0.29) is 11.1 Å². The molecule has 2 rings (SSSR count). The minimum absolute atomic E-state index is 0.156. The molecule has 8 heteroatoms. The second kappa shape index (κ2) is 6.44. The van der Waals surface area contributed by atoms with Gasteiger partial charge in [-0.15, -0.1) is 0 Å². The van der Waals surface area contributed by atoms with E-state index >= 15 is 0 Å². The predicted octanol–water partition coefficient (Wildman–Crippen LogP) is 2.39. The lowest BCUT2D eigenvalue weighted by atomic mass is 10.1. The number of carbonyl (C=O) groups is 4. The first-order valence-corrected chi connectivity index (χ1v) is 8.03. The van der Waals surface area contributed by atoms with Crippen LogP contribution >= 0.6 is 0 Å². The Morgan fingerprint density at radius 1 is 0.962 bits per heavy atom. The molecule has 0 saturated carbocycles. The average Bonchev–Trinajstić information content (AvgIpc) is 2.78. The number of hydrogen-bond donors (Lipinski definition) is 0. The maximum Gasteiger partial charge on any atom is 0.410 e. The largest absolute Gasteiger partial charge is 0.444 e. The van der Waals surface area contributed by atoms with Gasteiger partial charge in [-0.05, 0) is 46.8 Å². The molecule has 1 aromatic carbocycles. The van der Waals surface area contributed by atoms with Crippen molar-refractivity contribution in [1.82, 2.24) is 9.96 Å². The normalized spacial score (nSPS) is 14.2. The standard InChI is InChI=1S/C18H22N2O6/c1-17(2,3)25-16(24)19(6)18(4,5)15(23)26-20-13(21)11-9-7-8-10-12(11)14(20)22/h7-10H,1-6H3. The number of likely N-dealkylation sites (N-methyl/N-ethyl adjacent to an activating group) is 1. The third kappa shape index (κ3) is 3.54. The van der Waals surface area contributed by atoms with E-state index in [0.29, 0.717) is 5.06 Å². The fourth-order valence-corrected chi connectivity index (χ4v) is 2.14. The maximum absolute atomic E-state index is 12.6. The van der Waals surface area contributed by atoms with Crippen molar-refractivity contribution in [3.8, 4) is 0 Å². The summed E-state index contributed by atoms with van der Waals surface area (Å²) in [4.78, 5) is 55.4. The molecule has 1 aliphatic rings. The van der Waals surface area contributed by atoms with Crippen molar-refractivity contribution in [2.24, 2.45) is 0 Å². The molecule has 0 unspecified atom stereocenters. The average molecular weight is 362 g/mol. The number of fused-ring (bicyclic) bond motifs is 1. The summed E-state index contributed by atoms with van der Waals surface area (Å²) in [5, 5.41) is 0.414. The molecular weight excluding hydrogens is 340 g/mol. The molecule has 0 N–H and O–H groups in total. The Labute approximate surface area is 151 Å². The lowest BCUT2D eigenvalue weighted by Gasteiger charge is -2.34. The first-order chi connectivity index (χ1) is 11.9. The second-order valence-corrected chi connectivity index (χ2v) is 7.43. The van der Waals surface area contributed by atoms with E-state index in [1.165, 1.54) is 33.0 Å². The van der Waals surface area contributed by atoms with Crippen LogP contribution in [0.4, 0.5) is 4.79 Å². The number of imide groups is 1. The van der Waals surface area contributed by atoms with Gasteiger partial charge in [0.25, 0.3) is 11.8 Å². The Hall–Kier alpha value is -2.90. The van der Waals surface area contributed by atoms with Gasteiger partial charge in [0.2, 0.25) is 0 Å². The fourth-order valence-electron chi connectivity index (χ4n) is 2.14. The van der Waals surface area contributed by atoms with Crippen LogP contribution in [0.3, 0.4) is 0 Å². The third-order valence-electron chi connectivity index (χ3n) is 3.94. The number of ether oxygens (including phenoxy) is 1. The van der Waals surface area contributed by atoms with Crippen LogP contribution in [0, 0.1) is 0 Å². The van der Waals surface area contributed by atoms with E-state index in [4.69, 9.17) is 9.57 Å². The Balaban J connectivity index is 2.15. The van der Waals surface area contributed by atoms with Crippen molar-refractivity contribution >= 4 is 23.9 Å². The maximum atomic E-state index is 12.6. The van der Waals surface area contributed by atoms with Crippen LogP contribution in [0.5, 0.6) is 0 Å². The number of hydroxylamine groups is 2. The minimum atomic E-state index is -1.47. The van der Waals surface area contributed by atoms with Crippen LogP contribution in [0.1, 0.15) is 55.3 Å². The summed E-state index contributed by atoms with van der Waals surface area (Å²) in [6.45, 7) is 7.95. The van der Waals surface area contributed by atoms with Gasteiger partial charge >= 0.3 is 12.1 Å². The van der Waals surface area contributed by atoms with Gasteiger partial charge in [-0.25, -0.2) is 9.59 Å². The quantitative estimate of drug-likeness (QED) is 0.767. The molecule has 140 valence electrons. The zero-order chi connectivity index (χ0) is 19.9. The SMILES string of the molecule is CN(C(=O)OC(C)(C)C)C(C)(C)C(=O)ON1C(=O)c2ccccc2C1=O. The van der Waals surface area contributed by atoms with Gasteiger partial charge in [0.05, 0.1) is 11.1 Å². The van der Waals surface area contributed by atoms with Crippen molar-refractivity contribution < 1.29 is 28.8 Å². The highest BCUT2D eigenvalue weighted by Crippen LogP contribution is 2.25. The molecule has 8 nitrogen and oxygen atoms in total. The van der Waals surface area contributed by atoms with Gasteiger partial charge in [-0.2, -0.15) is 0 Å². The molecule has 1 heterocycles. The smallest absolute Gasteiger partial charge is 0.410 e. The Kier molecular flexibility index (Phi) is 4.81. The first-order valence-electron chi connectivity index (χ1n) is 8.03. The van der Waals surface area contributed by atoms with Gasteiger partial charge in [-0.1, -0.05) is 17.2 Å². The molecule has 1 aromatic rings. The number of rotatable bonds is 3. The van der Waals surface area contributed by atoms with Crippen molar-refractivity contribution in [2.45, 2.75) is 45.8 Å². The number of nitrogens with zero attached hydrogens (tertiary/aromatic N) is 2. The highest BCUT2D eigenvalue weighted by molar-refractivity contribution is 6.21. The van der Waals surface area contributed by atoms with Crippen LogP contribution < -0.4 is 0 Å². The molecule has 0 aliphatic carbocycles. The van der Waals surface area contributed by atoms with Gasteiger partial charge in [0.15, 0.2) is 0 Å². The van der Waals surface area contributed by atoms with Gasteiger partial charge in [-0.3, -0.25) is 14.5 Å². The number of amides is 3. The zero-order valence-electron chi connectivity index (χ0n) is 15.7. The molecule has 0 bridgehead atoms. The van der Waals surface area contributed by atoms with E-state index in [2.05, 4.69) is 0 Å². The van der Waals surface area contributed by atoms with E-state index in [0.717, 1.165) is 4.90 Å². The van der Waals surface area contributed by atoms with Crippen LogP contribution in [0.25, 0.3) is 0 Å². The van der Waals surface area contributed by atoms with Crippen molar-refractivity contribution in [3.05, 3.63) is 35.4 Å². The molecule has 0 aromatic heterocycles. The lowest BCUT2D eigenvalue weighted by Crippen LogP contribution is -2.54. The lowest BCUT2D eigenvalue weighted by molar-refractivity contribution is -0.180. The summed E-state index contributed by atoms with van der Waals surface area (Å²) in [6, 6.07) is 6.16. The van der Waals surface area contributed by atoms with Crippen LogP contribution in [0.15, 0.2) is 24.3 Å². The van der Waals surface area contributed by atoms with E-state index in [1.807, 2.05) is 0 Å². The second-order valence-electron chi connectivity index (χ2n) is 7.43. The molecule has 0 spiro atoms. The molecule has 26 heavy (non-hydrogen) atoms. The third-order valence-corrected chi connectivity index (χ3v) is 3.94. The fraction of sp³-hybridized carbons (Fsp3) is 0.444. The zero-order valence-corrected chi connectivity index (χ0v) is 15.7. The Morgan fingerprint density at radius 3 is 1.85 bits per heavy atom. The molecule has 1 aliphatic heterocycles. The van der Waals surface area contributed by atoms with Crippen LogP contribution in [-0.2, 0) is 14.4 Å². The predicted molar refractivity (Wildman–Crippen MR) is 91.1 cm³/mol. The Bertz CT molecular complexity index is 743. The Morgan fingerprint density at radius 2 is 1.42 bits per heavy atom. The number of hydrogen-bond acceptors (Lipinski definition) is 6. The van der Waals surface area contributed by atoms with E-state index < -0.39 is 35.0 Å². The molecule has 0 fully saturated rings. The first kappa shape index (κ1) is 19.4. The van der Waals surface area contributed by atoms with Crippen molar-refractivity contribution in [1.29, 1.82) is 0 Å². The summed E-state index contributed by atoms with van der Waals surface area (Å²) in [6.07, 6.45) is -0.734. The van der Waals surface area contributed by atoms with Crippen LogP contribution in [-0.4, -0.2) is 52.0 Å². The van der Waals surface area contributed by atoms with Crippen molar-refractivity contribution in [3.63, 3.8) is 0 Å². The highest BCUT2D eigenvalue weighted by Gasteiger charge is 2.44. The summed E-state index contributed by atoms with van der Waals surface area (Å²) in [7, 11) is 1.37. The van der Waals surface area contributed by atoms with Crippen molar-refractivity contribution in [2.75, 3.05) is 7.05 Å². The van der Waals surface area contributed by atoms with E-state index in [9.17, 15) is 19.2 Å². The summed E-state index contributed by atoms with van der Waals surface area (Å²) >= 11 is 0. The topological polar surface area (TPSA) is 93.2 Å². The summed E-state index contributed by atoms with van der Waals surface area (Å²) < 4.78 is 5.23. The van der Waals surface area contributed by atoms with Gasteiger partial charge in [0.1, 0.15) is 11.1 Å². The molecule has 0 saturated heterocycles.